The van der Waals surface area contributed by atoms with Gasteiger partial charge < -0.3 is 10.2 Å². The number of hydrogen-bond acceptors (Lipinski definition) is 2. The Morgan fingerprint density at radius 1 is 1.22 bits per heavy atom. The third kappa shape index (κ3) is 4.85. The molecule has 0 aliphatic carbocycles. The Labute approximate surface area is 147 Å². The van der Waals surface area contributed by atoms with Crippen LogP contribution < -0.4 is 5.32 Å². The highest BCUT2D eigenvalue weighted by Crippen LogP contribution is 2.21. The summed E-state index contributed by atoms with van der Waals surface area (Å²) < 4.78 is 0. The summed E-state index contributed by atoms with van der Waals surface area (Å²) >= 11 is 11.9. The molecule has 0 aromatic heterocycles. The Balaban J connectivity index is 2.12. The molecule has 0 spiro atoms. The van der Waals surface area contributed by atoms with Crippen LogP contribution in [0.1, 0.15) is 43.5 Å². The number of halogens is 2. The lowest BCUT2D eigenvalue weighted by Crippen LogP contribution is -2.48. The Morgan fingerprint density at radius 3 is 2.43 bits per heavy atom. The van der Waals surface area contributed by atoms with E-state index in [-0.39, 0.29) is 16.8 Å². The summed E-state index contributed by atoms with van der Waals surface area (Å²) in [6.45, 7) is 5.60. The van der Waals surface area contributed by atoms with Crippen LogP contribution in [-0.4, -0.2) is 35.8 Å². The minimum atomic E-state index is -0.521. The smallest absolute Gasteiger partial charge is 0.253 e. The largest absolute Gasteiger partial charge is 0.341 e. The summed E-state index contributed by atoms with van der Waals surface area (Å²) in [7, 11) is 0. The third-order valence-corrected chi connectivity index (χ3v) is 4.45. The van der Waals surface area contributed by atoms with Gasteiger partial charge in [0, 0.05) is 18.1 Å². The van der Waals surface area contributed by atoms with E-state index in [9.17, 15) is 9.59 Å². The van der Waals surface area contributed by atoms with E-state index < -0.39 is 6.04 Å². The molecule has 1 aromatic rings. The van der Waals surface area contributed by atoms with E-state index in [1.165, 1.54) is 6.07 Å². The predicted octanol–water partition coefficient (Wildman–Crippen LogP) is 3.76. The number of nitrogens with zero attached hydrogens (tertiary/aromatic N) is 1. The zero-order valence-electron chi connectivity index (χ0n) is 13.4. The van der Waals surface area contributed by atoms with E-state index in [2.05, 4.69) is 5.32 Å². The highest BCUT2D eigenvalue weighted by atomic mass is 35.5. The normalized spacial score (nSPS) is 15.8. The molecule has 0 radical (unpaired) electrons. The van der Waals surface area contributed by atoms with E-state index in [1.807, 2.05) is 18.7 Å². The predicted molar refractivity (Wildman–Crippen MR) is 93.0 cm³/mol. The second-order valence-corrected chi connectivity index (χ2v) is 7.16. The van der Waals surface area contributed by atoms with Gasteiger partial charge in [0.2, 0.25) is 5.91 Å². The molecule has 1 atom stereocenters. The fourth-order valence-corrected chi connectivity index (χ4v) is 3.25. The standard InChI is InChI=1S/C17H22Cl2N2O2/c1-11(2)9-15(17(23)21-7-3-4-8-21)20-16(22)13-6-5-12(18)10-14(13)19/h5-6,10-11,15H,3-4,7-9H2,1-2H3,(H,20,22). The van der Waals surface area contributed by atoms with Crippen molar-refractivity contribution in [3.63, 3.8) is 0 Å². The first-order chi connectivity index (χ1) is 10.9. The summed E-state index contributed by atoms with van der Waals surface area (Å²) in [6.07, 6.45) is 2.65. The number of nitrogens with one attached hydrogen (secondary N) is 1. The zero-order chi connectivity index (χ0) is 17.0. The van der Waals surface area contributed by atoms with Gasteiger partial charge in [-0.3, -0.25) is 9.59 Å². The van der Waals surface area contributed by atoms with Gasteiger partial charge in [-0.2, -0.15) is 0 Å². The van der Waals surface area contributed by atoms with E-state index in [4.69, 9.17) is 23.2 Å². The van der Waals surface area contributed by atoms with Crippen LogP contribution in [-0.2, 0) is 4.79 Å². The van der Waals surface area contributed by atoms with Gasteiger partial charge in [0.05, 0.1) is 10.6 Å². The van der Waals surface area contributed by atoms with Crippen molar-refractivity contribution in [2.75, 3.05) is 13.1 Å². The van der Waals surface area contributed by atoms with Crippen LogP contribution in [0.5, 0.6) is 0 Å². The lowest BCUT2D eigenvalue weighted by molar-refractivity contribution is -0.132. The Morgan fingerprint density at radius 2 is 1.87 bits per heavy atom. The van der Waals surface area contributed by atoms with Crippen molar-refractivity contribution < 1.29 is 9.59 Å². The summed E-state index contributed by atoms with van der Waals surface area (Å²) in [5.74, 6) is -0.0490. The molecule has 4 nitrogen and oxygen atoms in total. The third-order valence-electron chi connectivity index (χ3n) is 3.90. The fraction of sp³-hybridized carbons (Fsp3) is 0.529. The first kappa shape index (κ1) is 18.1. The molecule has 6 heteroatoms. The van der Waals surface area contributed by atoms with Crippen molar-refractivity contribution in [1.29, 1.82) is 0 Å². The highest BCUT2D eigenvalue weighted by Gasteiger charge is 2.29. The van der Waals surface area contributed by atoms with Gasteiger partial charge in [0.1, 0.15) is 6.04 Å². The van der Waals surface area contributed by atoms with Gasteiger partial charge in [0.15, 0.2) is 0 Å². The second-order valence-electron chi connectivity index (χ2n) is 6.31. The van der Waals surface area contributed by atoms with Crippen LogP contribution in [0.2, 0.25) is 10.0 Å². The van der Waals surface area contributed by atoms with E-state index in [1.54, 1.807) is 12.1 Å². The molecule has 1 aromatic carbocycles. The van der Waals surface area contributed by atoms with Gasteiger partial charge in [-0.15, -0.1) is 0 Å². The van der Waals surface area contributed by atoms with Crippen LogP contribution >= 0.6 is 23.2 Å². The lowest BCUT2D eigenvalue weighted by Gasteiger charge is -2.25. The molecule has 0 bridgehead atoms. The van der Waals surface area contributed by atoms with Crippen molar-refractivity contribution in [1.82, 2.24) is 10.2 Å². The molecule has 1 aliphatic heterocycles. The molecule has 1 aliphatic rings. The molecule has 126 valence electrons. The number of carbonyl (C=O) groups is 2. The van der Waals surface area contributed by atoms with Crippen LogP contribution in [0.15, 0.2) is 18.2 Å². The van der Waals surface area contributed by atoms with Crippen molar-refractivity contribution in [3.8, 4) is 0 Å². The molecule has 2 amide bonds. The minimum Gasteiger partial charge on any atom is -0.341 e. The minimum absolute atomic E-state index is 0.00497. The first-order valence-corrected chi connectivity index (χ1v) is 8.68. The van der Waals surface area contributed by atoms with E-state index in [0.29, 0.717) is 22.9 Å². The molecule has 1 fully saturated rings. The van der Waals surface area contributed by atoms with Crippen molar-refractivity contribution >= 4 is 35.0 Å². The lowest BCUT2D eigenvalue weighted by atomic mass is 10.0. The molecule has 2 rings (SSSR count). The van der Waals surface area contributed by atoms with Gasteiger partial charge in [0.25, 0.3) is 5.91 Å². The summed E-state index contributed by atoms with van der Waals surface area (Å²) in [6, 6.07) is 4.19. The van der Waals surface area contributed by atoms with Gasteiger partial charge in [-0.1, -0.05) is 37.0 Å². The van der Waals surface area contributed by atoms with Crippen LogP contribution in [0, 0.1) is 5.92 Å². The van der Waals surface area contributed by atoms with Gasteiger partial charge in [-0.25, -0.2) is 0 Å². The monoisotopic (exact) mass is 356 g/mol. The van der Waals surface area contributed by atoms with Crippen molar-refractivity contribution in [2.45, 2.75) is 39.2 Å². The fourth-order valence-electron chi connectivity index (χ4n) is 2.76. The highest BCUT2D eigenvalue weighted by molar-refractivity contribution is 6.36. The molecule has 1 saturated heterocycles. The number of likely N-dealkylation sites (tertiary alicyclic amines) is 1. The van der Waals surface area contributed by atoms with Crippen molar-refractivity contribution in [2.24, 2.45) is 5.92 Å². The van der Waals surface area contributed by atoms with Gasteiger partial charge >= 0.3 is 0 Å². The van der Waals surface area contributed by atoms with E-state index >= 15 is 0 Å². The number of amides is 2. The topological polar surface area (TPSA) is 49.4 Å². The quantitative estimate of drug-likeness (QED) is 0.872. The number of carbonyl (C=O) groups excluding carboxylic acids is 2. The SMILES string of the molecule is CC(C)CC(NC(=O)c1ccc(Cl)cc1Cl)C(=O)N1CCCC1. The molecule has 0 saturated carbocycles. The molecular weight excluding hydrogens is 335 g/mol. The second kappa shape index (κ2) is 8.02. The number of benzene rings is 1. The Hall–Kier alpha value is -1.26. The van der Waals surface area contributed by atoms with Crippen LogP contribution in [0.4, 0.5) is 0 Å². The Bertz CT molecular complexity index is 584. The first-order valence-electron chi connectivity index (χ1n) is 7.93. The summed E-state index contributed by atoms with van der Waals surface area (Å²) in [4.78, 5) is 27.0. The maximum atomic E-state index is 12.6. The summed E-state index contributed by atoms with van der Waals surface area (Å²) in [5, 5.41) is 3.60. The Kier molecular flexibility index (Phi) is 6.31. The zero-order valence-corrected chi connectivity index (χ0v) is 15.0. The van der Waals surface area contributed by atoms with Crippen LogP contribution in [0.3, 0.4) is 0 Å². The molecule has 1 heterocycles. The molecular formula is C17H22Cl2N2O2. The number of rotatable bonds is 5. The van der Waals surface area contributed by atoms with E-state index in [0.717, 1.165) is 25.9 Å². The van der Waals surface area contributed by atoms with Crippen molar-refractivity contribution in [3.05, 3.63) is 33.8 Å². The van der Waals surface area contributed by atoms with Crippen LogP contribution in [0.25, 0.3) is 0 Å². The number of hydrogen-bond donors (Lipinski definition) is 1. The maximum absolute atomic E-state index is 12.6. The maximum Gasteiger partial charge on any atom is 0.253 e. The summed E-state index contributed by atoms with van der Waals surface area (Å²) in [5.41, 5.74) is 0.332. The average Bonchev–Trinajstić information content (AvgIpc) is 2.99. The van der Waals surface area contributed by atoms with Gasteiger partial charge in [-0.05, 0) is 43.4 Å². The molecule has 1 unspecified atom stereocenters. The molecule has 23 heavy (non-hydrogen) atoms. The average molecular weight is 357 g/mol. The molecule has 1 N–H and O–H groups in total.